The SMILES string of the molecule is CC(C)(C)OC(=O)c1ccc(-c2cc(C#N)cc(OCc3ccccc3)c2)cc1. The number of esters is 1. The molecule has 29 heavy (non-hydrogen) atoms. The molecule has 0 amide bonds. The summed E-state index contributed by atoms with van der Waals surface area (Å²) in [4.78, 5) is 12.2. The predicted octanol–water partition coefficient (Wildman–Crippen LogP) is 5.76. The summed E-state index contributed by atoms with van der Waals surface area (Å²) in [5.74, 6) is 0.265. The van der Waals surface area contributed by atoms with Gasteiger partial charge in [-0.15, -0.1) is 0 Å². The topological polar surface area (TPSA) is 59.3 Å². The second kappa shape index (κ2) is 8.62. The van der Waals surface area contributed by atoms with Gasteiger partial charge in [0.2, 0.25) is 0 Å². The first-order valence-electron chi connectivity index (χ1n) is 9.40. The summed E-state index contributed by atoms with van der Waals surface area (Å²) >= 11 is 0. The van der Waals surface area contributed by atoms with E-state index < -0.39 is 5.60 Å². The Labute approximate surface area is 171 Å². The van der Waals surface area contributed by atoms with Crippen LogP contribution in [0.25, 0.3) is 11.1 Å². The summed E-state index contributed by atoms with van der Waals surface area (Å²) in [5.41, 5.74) is 3.25. The van der Waals surface area contributed by atoms with Crippen molar-refractivity contribution in [3.05, 3.63) is 89.5 Å². The van der Waals surface area contributed by atoms with Crippen LogP contribution in [0.3, 0.4) is 0 Å². The van der Waals surface area contributed by atoms with Gasteiger partial charge in [0.15, 0.2) is 0 Å². The number of benzene rings is 3. The third-order valence-corrected chi connectivity index (χ3v) is 4.14. The van der Waals surface area contributed by atoms with Crippen molar-refractivity contribution in [1.29, 1.82) is 5.26 Å². The van der Waals surface area contributed by atoms with Crippen LogP contribution < -0.4 is 4.74 Å². The summed E-state index contributed by atoms with van der Waals surface area (Å²) in [7, 11) is 0. The van der Waals surface area contributed by atoms with Crippen molar-refractivity contribution in [2.24, 2.45) is 0 Å². The fourth-order valence-corrected chi connectivity index (χ4v) is 2.79. The second-order valence-corrected chi connectivity index (χ2v) is 7.71. The molecule has 0 aliphatic carbocycles. The molecule has 0 aliphatic heterocycles. The number of carbonyl (C=O) groups is 1. The molecular weight excluding hydrogens is 362 g/mol. The molecule has 4 heteroatoms. The minimum absolute atomic E-state index is 0.360. The molecule has 3 aromatic rings. The Morgan fingerprint density at radius 2 is 1.62 bits per heavy atom. The lowest BCUT2D eigenvalue weighted by atomic mass is 10.0. The van der Waals surface area contributed by atoms with E-state index in [4.69, 9.17) is 9.47 Å². The summed E-state index contributed by atoms with van der Waals surface area (Å²) in [6.07, 6.45) is 0. The molecule has 0 bridgehead atoms. The molecule has 0 saturated heterocycles. The van der Waals surface area contributed by atoms with Crippen molar-refractivity contribution in [3.8, 4) is 22.9 Å². The zero-order chi connectivity index (χ0) is 20.9. The Bertz CT molecular complexity index is 1030. The highest BCUT2D eigenvalue weighted by Crippen LogP contribution is 2.27. The average molecular weight is 385 g/mol. The first-order chi connectivity index (χ1) is 13.8. The van der Waals surface area contributed by atoms with Crippen LogP contribution in [-0.2, 0) is 11.3 Å². The van der Waals surface area contributed by atoms with Gasteiger partial charge in [-0.3, -0.25) is 0 Å². The third-order valence-electron chi connectivity index (χ3n) is 4.14. The molecule has 3 aromatic carbocycles. The molecule has 0 radical (unpaired) electrons. The molecule has 0 saturated carbocycles. The maximum Gasteiger partial charge on any atom is 0.338 e. The van der Waals surface area contributed by atoms with E-state index in [1.807, 2.05) is 69.3 Å². The molecule has 0 N–H and O–H groups in total. The summed E-state index contributed by atoms with van der Waals surface area (Å²) < 4.78 is 11.3. The molecule has 0 aliphatic rings. The second-order valence-electron chi connectivity index (χ2n) is 7.71. The highest BCUT2D eigenvalue weighted by molar-refractivity contribution is 5.90. The number of ether oxygens (including phenoxy) is 2. The molecule has 0 aromatic heterocycles. The van der Waals surface area contributed by atoms with Gasteiger partial charge in [0.25, 0.3) is 0 Å². The standard InChI is InChI=1S/C25H23NO3/c1-25(2,3)29-24(27)21-11-9-20(10-12-21)22-13-19(16-26)14-23(15-22)28-17-18-7-5-4-6-8-18/h4-15H,17H2,1-3H3. The van der Waals surface area contributed by atoms with E-state index in [9.17, 15) is 10.1 Å². The van der Waals surface area contributed by atoms with Crippen LogP contribution in [0.15, 0.2) is 72.8 Å². The quantitative estimate of drug-likeness (QED) is 0.524. The van der Waals surface area contributed by atoms with Gasteiger partial charge in [-0.1, -0.05) is 42.5 Å². The molecule has 0 atom stereocenters. The van der Waals surface area contributed by atoms with Crippen LogP contribution in [0.5, 0.6) is 5.75 Å². The van der Waals surface area contributed by atoms with E-state index in [1.54, 1.807) is 24.3 Å². The molecule has 0 spiro atoms. The van der Waals surface area contributed by atoms with E-state index >= 15 is 0 Å². The number of carbonyl (C=O) groups excluding carboxylic acids is 1. The number of rotatable bonds is 5. The summed E-state index contributed by atoms with van der Waals surface area (Å²) in [6, 6.07) is 24.6. The monoisotopic (exact) mass is 385 g/mol. The Morgan fingerprint density at radius 1 is 0.931 bits per heavy atom. The Kier molecular flexibility index (Phi) is 5.99. The van der Waals surface area contributed by atoms with Crippen molar-refractivity contribution >= 4 is 5.97 Å². The third kappa shape index (κ3) is 5.70. The maximum absolute atomic E-state index is 12.2. The van der Waals surface area contributed by atoms with Gasteiger partial charge in [-0.2, -0.15) is 5.26 Å². The van der Waals surface area contributed by atoms with Crippen molar-refractivity contribution in [3.63, 3.8) is 0 Å². The minimum Gasteiger partial charge on any atom is -0.489 e. The van der Waals surface area contributed by atoms with E-state index in [-0.39, 0.29) is 5.97 Å². The van der Waals surface area contributed by atoms with Gasteiger partial charge in [-0.25, -0.2) is 4.79 Å². The highest BCUT2D eigenvalue weighted by Gasteiger charge is 2.17. The van der Waals surface area contributed by atoms with E-state index in [2.05, 4.69) is 6.07 Å². The number of nitrogens with zero attached hydrogens (tertiary/aromatic N) is 1. The Balaban J connectivity index is 1.81. The Hall–Kier alpha value is -3.58. The molecule has 0 heterocycles. The first-order valence-corrected chi connectivity index (χ1v) is 9.40. The van der Waals surface area contributed by atoms with Crippen molar-refractivity contribution in [2.45, 2.75) is 33.0 Å². The van der Waals surface area contributed by atoms with Gasteiger partial charge in [-0.05, 0) is 67.8 Å². The molecule has 146 valence electrons. The number of hydrogen-bond acceptors (Lipinski definition) is 4. The molecule has 0 unspecified atom stereocenters. The van der Waals surface area contributed by atoms with E-state index in [1.165, 1.54) is 0 Å². The summed E-state index contributed by atoms with van der Waals surface area (Å²) in [5, 5.41) is 9.38. The highest BCUT2D eigenvalue weighted by atomic mass is 16.6. The van der Waals surface area contributed by atoms with Crippen molar-refractivity contribution < 1.29 is 14.3 Å². The van der Waals surface area contributed by atoms with Gasteiger partial charge >= 0.3 is 5.97 Å². The predicted molar refractivity (Wildman–Crippen MR) is 113 cm³/mol. The molecule has 0 fully saturated rings. The van der Waals surface area contributed by atoms with Gasteiger partial charge in [0.05, 0.1) is 17.2 Å². The zero-order valence-corrected chi connectivity index (χ0v) is 16.8. The lowest BCUT2D eigenvalue weighted by molar-refractivity contribution is 0.00695. The number of nitriles is 1. The summed E-state index contributed by atoms with van der Waals surface area (Å²) in [6.45, 7) is 5.93. The van der Waals surface area contributed by atoms with Crippen LogP contribution in [0.4, 0.5) is 0 Å². The van der Waals surface area contributed by atoms with Crippen LogP contribution in [0, 0.1) is 11.3 Å². The van der Waals surface area contributed by atoms with E-state index in [0.29, 0.717) is 23.5 Å². The maximum atomic E-state index is 12.2. The fraction of sp³-hybridized carbons (Fsp3) is 0.200. The van der Waals surface area contributed by atoms with E-state index in [0.717, 1.165) is 16.7 Å². The lowest BCUT2D eigenvalue weighted by Crippen LogP contribution is -2.23. The minimum atomic E-state index is -0.540. The van der Waals surface area contributed by atoms with Crippen LogP contribution in [-0.4, -0.2) is 11.6 Å². The lowest BCUT2D eigenvalue weighted by Gasteiger charge is -2.19. The van der Waals surface area contributed by atoms with Crippen LogP contribution in [0.2, 0.25) is 0 Å². The van der Waals surface area contributed by atoms with Gasteiger partial charge in [0.1, 0.15) is 18.0 Å². The van der Waals surface area contributed by atoms with Crippen LogP contribution >= 0.6 is 0 Å². The molecule has 3 rings (SSSR count). The van der Waals surface area contributed by atoms with Crippen LogP contribution in [0.1, 0.15) is 42.3 Å². The largest absolute Gasteiger partial charge is 0.489 e. The first kappa shape index (κ1) is 20.2. The molecular formula is C25H23NO3. The normalized spacial score (nSPS) is 10.8. The van der Waals surface area contributed by atoms with Crippen molar-refractivity contribution in [2.75, 3.05) is 0 Å². The smallest absolute Gasteiger partial charge is 0.338 e. The van der Waals surface area contributed by atoms with Gasteiger partial charge in [0, 0.05) is 0 Å². The molecule has 4 nitrogen and oxygen atoms in total. The zero-order valence-electron chi connectivity index (χ0n) is 16.8. The van der Waals surface area contributed by atoms with Gasteiger partial charge < -0.3 is 9.47 Å². The van der Waals surface area contributed by atoms with Crippen molar-refractivity contribution in [1.82, 2.24) is 0 Å². The fourth-order valence-electron chi connectivity index (χ4n) is 2.79. The average Bonchev–Trinajstić information content (AvgIpc) is 2.71. The Morgan fingerprint density at radius 3 is 2.24 bits per heavy atom. The number of hydrogen-bond donors (Lipinski definition) is 0.